The SMILES string of the molecule is CCC(C)NC(=O)C(C)Oc1ccc(Br)cc1C(C)NC. The molecular formula is C16H25BrN2O2. The fourth-order valence-electron chi connectivity index (χ4n) is 1.83. The van der Waals surface area contributed by atoms with Crippen molar-refractivity contribution in [2.24, 2.45) is 0 Å². The average Bonchev–Trinajstić information content (AvgIpc) is 2.47. The maximum atomic E-state index is 12.1. The molecule has 1 aromatic rings. The molecule has 0 saturated heterocycles. The third kappa shape index (κ3) is 5.32. The second-order valence-electron chi connectivity index (χ2n) is 5.27. The summed E-state index contributed by atoms with van der Waals surface area (Å²) in [6.45, 7) is 7.85. The first-order valence-corrected chi connectivity index (χ1v) is 8.12. The number of benzene rings is 1. The van der Waals surface area contributed by atoms with Crippen LogP contribution in [0.3, 0.4) is 0 Å². The van der Waals surface area contributed by atoms with Gasteiger partial charge >= 0.3 is 0 Å². The van der Waals surface area contributed by atoms with Gasteiger partial charge in [-0.25, -0.2) is 0 Å². The van der Waals surface area contributed by atoms with Crippen LogP contribution in [0.1, 0.15) is 45.7 Å². The van der Waals surface area contributed by atoms with Gasteiger partial charge in [0, 0.05) is 22.1 Å². The van der Waals surface area contributed by atoms with E-state index in [-0.39, 0.29) is 18.0 Å². The molecule has 1 rings (SSSR count). The Kier molecular flexibility index (Phi) is 7.18. The average molecular weight is 357 g/mol. The van der Waals surface area contributed by atoms with Crippen LogP contribution in [-0.2, 0) is 4.79 Å². The molecule has 118 valence electrons. The number of hydrogen-bond donors (Lipinski definition) is 2. The van der Waals surface area contributed by atoms with Crippen molar-refractivity contribution in [1.29, 1.82) is 0 Å². The minimum absolute atomic E-state index is 0.0877. The van der Waals surface area contributed by atoms with E-state index in [4.69, 9.17) is 4.74 Å². The van der Waals surface area contributed by atoms with E-state index in [1.165, 1.54) is 0 Å². The lowest BCUT2D eigenvalue weighted by atomic mass is 10.1. The fourth-order valence-corrected chi connectivity index (χ4v) is 2.21. The molecule has 0 aliphatic carbocycles. The summed E-state index contributed by atoms with van der Waals surface area (Å²) in [5.74, 6) is 0.641. The molecule has 4 nitrogen and oxygen atoms in total. The molecule has 0 aliphatic rings. The number of hydrogen-bond acceptors (Lipinski definition) is 3. The predicted octanol–water partition coefficient (Wildman–Crippen LogP) is 3.41. The Balaban J connectivity index is 2.84. The van der Waals surface area contributed by atoms with Gasteiger partial charge in [0.15, 0.2) is 6.10 Å². The molecule has 0 aliphatic heterocycles. The van der Waals surface area contributed by atoms with Gasteiger partial charge in [-0.2, -0.15) is 0 Å². The third-order valence-corrected chi connectivity index (χ3v) is 4.04. The van der Waals surface area contributed by atoms with Gasteiger partial charge in [-0.3, -0.25) is 4.79 Å². The van der Waals surface area contributed by atoms with Crippen molar-refractivity contribution >= 4 is 21.8 Å². The lowest BCUT2D eigenvalue weighted by Crippen LogP contribution is -2.41. The number of ether oxygens (including phenoxy) is 1. The highest BCUT2D eigenvalue weighted by molar-refractivity contribution is 9.10. The molecule has 0 saturated carbocycles. The van der Waals surface area contributed by atoms with Crippen molar-refractivity contribution in [2.45, 2.75) is 52.3 Å². The first-order chi connectivity index (χ1) is 9.88. The molecule has 0 fully saturated rings. The fraction of sp³-hybridized carbons (Fsp3) is 0.562. The Morgan fingerprint density at radius 3 is 2.57 bits per heavy atom. The van der Waals surface area contributed by atoms with Crippen molar-refractivity contribution in [2.75, 3.05) is 7.05 Å². The van der Waals surface area contributed by atoms with Crippen molar-refractivity contribution in [3.63, 3.8) is 0 Å². The first kappa shape index (κ1) is 18.0. The third-order valence-electron chi connectivity index (χ3n) is 3.55. The summed E-state index contributed by atoms with van der Waals surface area (Å²) in [5, 5.41) is 6.13. The second-order valence-corrected chi connectivity index (χ2v) is 6.19. The second kappa shape index (κ2) is 8.39. The van der Waals surface area contributed by atoms with E-state index in [1.54, 1.807) is 6.92 Å². The van der Waals surface area contributed by atoms with Crippen LogP contribution in [0.2, 0.25) is 0 Å². The van der Waals surface area contributed by atoms with E-state index in [2.05, 4.69) is 33.5 Å². The highest BCUT2D eigenvalue weighted by atomic mass is 79.9. The molecule has 0 heterocycles. The molecule has 2 N–H and O–H groups in total. The largest absolute Gasteiger partial charge is 0.481 e. The number of nitrogens with one attached hydrogen (secondary N) is 2. The number of carbonyl (C=O) groups excluding carboxylic acids is 1. The van der Waals surface area contributed by atoms with Gasteiger partial charge in [0.25, 0.3) is 5.91 Å². The maximum absolute atomic E-state index is 12.1. The van der Waals surface area contributed by atoms with Gasteiger partial charge in [-0.05, 0) is 52.4 Å². The van der Waals surface area contributed by atoms with Crippen LogP contribution in [-0.4, -0.2) is 25.1 Å². The molecule has 21 heavy (non-hydrogen) atoms. The molecule has 1 aromatic carbocycles. The minimum atomic E-state index is -0.525. The molecule has 1 amide bonds. The summed E-state index contributed by atoms with van der Waals surface area (Å²) in [7, 11) is 1.90. The quantitative estimate of drug-likeness (QED) is 0.786. The zero-order valence-electron chi connectivity index (χ0n) is 13.4. The van der Waals surface area contributed by atoms with E-state index in [9.17, 15) is 4.79 Å². The topological polar surface area (TPSA) is 50.4 Å². The standard InChI is InChI=1S/C16H25BrN2O2/c1-6-10(2)19-16(20)12(4)21-15-8-7-13(17)9-14(15)11(3)18-5/h7-12,18H,6H2,1-5H3,(H,19,20). The lowest BCUT2D eigenvalue weighted by Gasteiger charge is -2.21. The first-order valence-electron chi connectivity index (χ1n) is 7.32. The summed E-state index contributed by atoms with van der Waals surface area (Å²) in [6.07, 6.45) is 0.377. The van der Waals surface area contributed by atoms with Crippen LogP contribution in [0.15, 0.2) is 22.7 Å². The summed E-state index contributed by atoms with van der Waals surface area (Å²) in [5.41, 5.74) is 1.02. The number of rotatable bonds is 7. The summed E-state index contributed by atoms with van der Waals surface area (Å²) < 4.78 is 6.85. The Morgan fingerprint density at radius 2 is 2.00 bits per heavy atom. The van der Waals surface area contributed by atoms with E-state index < -0.39 is 6.10 Å². The number of amides is 1. The van der Waals surface area contributed by atoms with Crippen LogP contribution in [0, 0.1) is 0 Å². The van der Waals surface area contributed by atoms with E-state index in [1.807, 2.05) is 39.1 Å². The van der Waals surface area contributed by atoms with Gasteiger partial charge in [-0.15, -0.1) is 0 Å². The Hall–Kier alpha value is -1.07. The smallest absolute Gasteiger partial charge is 0.260 e. The van der Waals surface area contributed by atoms with Crippen LogP contribution in [0.4, 0.5) is 0 Å². The number of halogens is 1. The van der Waals surface area contributed by atoms with Crippen LogP contribution < -0.4 is 15.4 Å². The molecule has 0 radical (unpaired) electrons. The lowest BCUT2D eigenvalue weighted by molar-refractivity contribution is -0.127. The van der Waals surface area contributed by atoms with Crippen molar-refractivity contribution in [3.05, 3.63) is 28.2 Å². The van der Waals surface area contributed by atoms with Crippen molar-refractivity contribution in [3.8, 4) is 5.75 Å². The molecule has 3 unspecified atom stereocenters. The van der Waals surface area contributed by atoms with Crippen molar-refractivity contribution < 1.29 is 9.53 Å². The molecule has 0 spiro atoms. The van der Waals surface area contributed by atoms with Gasteiger partial charge < -0.3 is 15.4 Å². The zero-order chi connectivity index (χ0) is 16.0. The predicted molar refractivity (Wildman–Crippen MR) is 89.6 cm³/mol. The van der Waals surface area contributed by atoms with Crippen LogP contribution in [0.25, 0.3) is 0 Å². The zero-order valence-corrected chi connectivity index (χ0v) is 15.0. The van der Waals surface area contributed by atoms with Gasteiger partial charge in [0.05, 0.1) is 0 Å². The molecule has 3 atom stereocenters. The summed E-state index contributed by atoms with van der Waals surface area (Å²) >= 11 is 3.47. The van der Waals surface area contributed by atoms with E-state index in [0.29, 0.717) is 0 Å². The molecule has 0 aromatic heterocycles. The van der Waals surface area contributed by atoms with Gasteiger partial charge in [-0.1, -0.05) is 22.9 Å². The number of carbonyl (C=O) groups is 1. The van der Waals surface area contributed by atoms with Crippen LogP contribution in [0.5, 0.6) is 5.75 Å². The van der Waals surface area contributed by atoms with E-state index in [0.717, 1.165) is 22.2 Å². The molecule has 0 bridgehead atoms. The van der Waals surface area contributed by atoms with Crippen molar-refractivity contribution in [1.82, 2.24) is 10.6 Å². The Bertz CT molecular complexity index is 479. The maximum Gasteiger partial charge on any atom is 0.260 e. The summed E-state index contributed by atoms with van der Waals surface area (Å²) in [4.78, 5) is 12.1. The van der Waals surface area contributed by atoms with E-state index >= 15 is 0 Å². The Morgan fingerprint density at radius 1 is 1.33 bits per heavy atom. The monoisotopic (exact) mass is 356 g/mol. The highest BCUT2D eigenvalue weighted by Gasteiger charge is 2.19. The normalized spacial score (nSPS) is 15.1. The Labute approximate surface area is 135 Å². The summed E-state index contributed by atoms with van der Waals surface area (Å²) in [6, 6.07) is 6.11. The molecular weight excluding hydrogens is 332 g/mol. The highest BCUT2D eigenvalue weighted by Crippen LogP contribution is 2.29. The van der Waals surface area contributed by atoms with Crippen LogP contribution >= 0.6 is 15.9 Å². The van der Waals surface area contributed by atoms with Gasteiger partial charge in [0.1, 0.15) is 5.75 Å². The minimum Gasteiger partial charge on any atom is -0.481 e. The molecule has 5 heteroatoms. The van der Waals surface area contributed by atoms with Gasteiger partial charge in [0.2, 0.25) is 0 Å².